The predicted molar refractivity (Wildman–Crippen MR) is 83.2 cm³/mol. The average Bonchev–Trinajstić information content (AvgIpc) is 2.89. The zero-order chi connectivity index (χ0) is 15.9. The third-order valence-electron chi connectivity index (χ3n) is 3.11. The Kier molecular flexibility index (Phi) is 5.51. The van der Waals surface area contributed by atoms with Crippen molar-refractivity contribution < 1.29 is 9.53 Å². The number of unbranched alkanes of at least 4 members (excludes halogenated alkanes) is 1. The van der Waals surface area contributed by atoms with E-state index in [0.717, 1.165) is 25.0 Å². The van der Waals surface area contributed by atoms with E-state index in [1.807, 2.05) is 18.4 Å². The van der Waals surface area contributed by atoms with Gasteiger partial charge in [0.2, 0.25) is 0 Å². The van der Waals surface area contributed by atoms with Gasteiger partial charge in [0.15, 0.2) is 11.5 Å². The first-order valence-electron chi connectivity index (χ1n) is 7.40. The summed E-state index contributed by atoms with van der Waals surface area (Å²) in [5.74, 6) is 0.797. The second kappa shape index (κ2) is 7.58. The third-order valence-corrected chi connectivity index (χ3v) is 3.11. The summed E-state index contributed by atoms with van der Waals surface area (Å²) in [4.78, 5) is 23.7. The molecule has 22 heavy (non-hydrogen) atoms. The van der Waals surface area contributed by atoms with Gasteiger partial charge in [-0.2, -0.15) is 0 Å². The molecule has 2 aromatic rings. The molecular formula is C14H22N6O2. The van der Waals surface area contributed by atoms with Crippen molar-refractivity contribution in [1.82, 2.24) is 24.8 Å². The number of nitrogens with two attached hydrogens (primary N) is 1. The smallest absolute Gasteiger partial charge is 0.407 e. The highest BCUT2D eigenvalue weighted by Gasteiger charge is 2.07. The van der Waals surface area contributed by atoms with Gasteiger partial charge in [0, 0.05) is 13.1 Å². The molecule has 3 N–H and O–H groups in total. The Hall–Kier alpha value is -2.38. The summed E-state index contributed by atoms with van der Waals surface area (Å²) in [6.07, 6.45) is 4.40. The number of aryl methyl sites for hydroxylation is 1. The largest absolute Gasteiger partial charge is 0.450 e. The van der Waals surface area contributed by atoms with Gasteiger partial charge in [0.05, 0.1) is 12.9 Å². The van der Waals surface area contributed by atoms with Crippen molar-refractivity contribution in [3.05, 3.63) is 12.7 Å². The van der Waals surface area contributed by atoms with Crippen LogP contribution in [0, 0.1) is 5.92 Å². The quantitative estimate of drug-likeness (QED) is 0.752. The van der Waals surface area contributed by atoms with E-state index in [9.17, 15) is 4.79 Å². The van der Waals surface area contributed by atoms with Gasteiger partial charge in [-0.05, 0) is 18.8 Å². The van der Waals surface area contributed by atoms with Gasteiger partial charge in [-0.25, -0.2) is 19.7 Å². The maximum absolute atomic E-state index is 11.4. The predicted octanol–water partition coefficient (Wildman–Crippen LogP) is 1.57. The number of amides is 1. The van der Waals surface area contributed by atoms with Crippen molar-refractivity contribution in [2.75, 3.05) is 18.9 Å². The fourth-order valence-electron chi connectivity index (χ4n) is 1.95. The summed E-state index contributed by atoms with van der Waals surface area (Å²) in [6, 6.07) is 0. The molecular weight excluding hydrogens is 284 g/mol. The highest BCUT2D eigenvalue weighted by Crippen LogP contribution is 2.14. The Morgan fingerprint density at radius 2 is 2.18 bits per heavy atom. The second-order valence-corrected chi connectivity index (χ2v) is 5.49. The van der Waals surface area contributed by atoms with Crippen LogP contribution in [0.3, 0.4) is 0 Å². The van der Waals surface area contributed by atoms with Crippen molar-refractivity contribution in [1.29, 1.82) is 0 Å². The first-order valence-corrected chi connectivity index (χ1v) is 7.40. The number of nitrogens with zero attached hydrogens (tertiary/aromatic N) is 4. The normalized spacial score (nSPS) is 11.0. The van der Waals surface area contributed by atoms with Crippen LogP contribution in [0.4, 0.5) is 10.6 Å². The molecule has 2 rings (SSSR count). The van der Waals surface area contributed by atoms with Crippen LogP contribution >= 0.6 is 0 Å². The number of fused-ring (bicyclic) bond motifs is 1. The van der Waals surface area contributed by atoms with Gasteiger partial charge in [-0.15, -0.1) is 0 Å². The molecule has 0 unspecified atom stereocenters. The van der Waals surface area contributed by atoms with Crippen molar-refractivity contribution in [2.45, 2.75) is 33.2 Å². The first-order chi connectivity index (χ1) is 10.6. The van der Waals surface area contributed by atoms with Crippen molar-refractivity contribution in [2.24, 2.45) is 5.92 Å². The van der Waals surface area contributed by atoms with E-state index in [-0.39, 0.29) is 6.09 Å². The number of hydrogen-bond acceptors (Lipinski definition) is 6. The van der Waals surface area contributed by atoms with Gasteiger partial charge in [0.1, 0.15) is 11.8 Å². The van der Waals surface area contributed by atoms with Crippen LogP contribution in [0.5, 0.6) is 0 Å². The molecule has 0 bridgehead atoms. The number of anilines is 1. The number of alkyl carbamates (subject to hydrolysis) is 1. The number of nitrogens with one attached hydrogen (secondary N) is 1. The van der Waals surface area contributed by atoms with Crippen molar-refractivity contribution in [3.63, 3.8) is 0 Å². The van der Waals surface area contributed by atoms with Crippen LogP contribution in [-0.4, -0.2) is 38.8 Å². The number of imidazole rings is 1. The molecule has 0 saturated heterocycles. The molecule has 0 aromatic carbocycles. The molecule has 1 amide bonds. The minimum Gasteiger partial charge on any atom is -0.450 e. The molecule has 0 saturated carbocycles. The highest BCUT2D eigenvalue weighted by atomic mass is 16.5. The lowest BCUT2D eigenvalue weighted by atomic mass is 10.2. The summed E-state index contributed by atoms with van der Waals surface area (Å²) in [6.45, 7) is 5.83. The fourth-order valence-corrected chi connectivity index (χ4v) is 1.95. The van der Waals surface area contributed by atoms with Gasteiger partial charge >= 0.3 is 6.09 Å². The molecule has 0 aliphatic rings. The van der Waals surface area contributed by atoms with E-state index in [1.165, 1.54) is 6.33 Å². The standard InChI is InChI=1S/C14H22N6O2/c1-10(2)7-16-14(21)22-6-4-3-5-20-9-19-11-12(15)17-8-18-13(11)20/h8-10H,3-7H2,1-2H3,(H,16,21)(H2,15,17,18). The summed E-state index contributed by atoms with van der Waals surface area (Å²) in [5, 5.41) is 2.71. The Labute approximate surface area is 129 Å². The number of aromatic nitrogens is 4. The number of hydrogen-bond donors (Lipinski definition) is 2. The van der Waals surface area contributed by atoms with Crippen LogP contribution in [0.1, 0.15) is 26.7 Å². The van der Waals surface area contributed by atoms with E-state index in [4.69, 9.17) is 10.5 Å². The molecule has 0 radical (unpaired) electrons. The minimum atomic E-state index is -0.359. The molecule has 2 aromatic heterocycles. The highest BCUT2D eigenvalue weighted by molar-refractivity contribution is 5.81. The lowest BCUT2D eigenvalue weighted by molar-refractivity contribution is 0.142. The lowest BCUT2D eigenvalue weighted by Crippen LogP contribution is -2.28. The van der Waals surface area contributed by atoms with E-state index in [2.05, 4.69) is 20.3 Å². The van der Waals surface area contributed by atoms with Gasteiger partial charge < -0.3 is 20.4 Å². The molecule has 120 valence electrons. The number of carbonyl (C=O) groups is 1. The number of rotatable bonds is 7. The fraction of sp³-hybridized carbons (Fsp3) is 0.571. The Morgan fingerprint density at radius 1 is 1.36 bits per heavy atom. The number of carbonyl (C=O) groups excluding carboxylic acids is 1. The van der Waals surface area contributed by atoms with Crippen LogP contribution in [0.2, 0.25) is 0 Å². The van der Waals surface area contributed by atoms with Gasteiger partial charge in [0.25, 0.3) is 0 Å². The Balaban J connectivity index is 1.70. The number of nitrogen functional groups attached to an aromatic ring is 1. The van der Waals surface area contributed by atoms with E-state index in [0.29, 0.717) is 30.4 Å². The van der Waals surface area contributed by atoms with E-state index >= 15 is 0 Å². The summed E-state index contributed by atoms with van der Waals surface area (Å²) in [7, 11) is 0. The third kappa shape index (κ3) is 4.31. The van der Waals surface area contributed by atoms with Crippen LogP contribution in [-0.2, 0) is 11.3 Å². The summed E-state index contributed by atoms with van der Waals surface area (Å²) < 4.78 is 7.02. The van der Waals surface area contributed by atoms with Crippen LogP contribution in [0.25, 0.3) is 11.2 Å². The zero-order valence-corrected chi connectivity index (χ0v) is 13.0. The Bertz CT molecular complexity index is 625. The monoisotopic (exact) mass is 306 g/mol. The summed E-state index contributed by atoms with van der Waals surface area (Å²) in [5.41, 5.74) is 7.08. The SMILES string of the molecule is CC(C)CNC(=O)OCCCCn1cnc2c(N)ncnc21. The summed E-state index contributed by atoms with van der Waals surface area (Å²) >= 11 is 0. The zero-order valence-electron chi connectivity index (χ0n) is 13.0. The molecule has 0 aliphatic carbocycles. The van der Waals surface area contributed by atoms with Crippen molar-refractivity contribution >= 4 is 23.1 Å². The molecule has 0 aliphatic heterocycles. The van der Waals surface area contributed by atoms with Gasteiger partial charge in [-0.3, -0.25) is 0 Å². The lowest BCUT2D eigenvalue weighted by Gasteiger charge is -2.08. The molecule has 8 nitrogen and oxygen atoms in total. The molecule has 8 heteroatoms. The second-order valence-electron chi connectivity index (χ2n) is 5.49. The first kappa shape index (κ1) is 16.0. The van der Waals surface area contributed by atoms with Gasteiger partial charge in [-0.1, -0.05) is 13.8 Å². The maximum atomic E-state index is 11.4. The van der Waals surface area contributed by atoms with Crippen molar-refractivity contribution in [3.8, 4) is 0 Å². The van der Waals surface area contributed by atoms with Crippen LogP contribution in [0.15, 0.2) is 12.7 Å². The average molecular weight is 306 g/mol. The van der Waals surface area contributed by atoms with Crippen LogP contribution < -0.4 is 11.1 Å². The molecule has 2 heterocycles. The molecule has 0 fully saturated rings. The Morgan fingerprint density at radius 3 is 2.95 bits per heavy atom. The maximum Gasteiger partial charge on any atom is 0.407 e. The topological polar surface area (TPSA) is 108 Å². The molecule has 0 spiro atoms. The number of ether oxygens (including phenoxy) is 1. The van der Waals surface area contributed by atoms with E-state index < -0.39 is 0 Å². The van der Waals surface area contributed by atoms with E-state index in [1.54, 1.807) is 6.33 Å². The molecule has 0 atom stereocenters. The minimum absolute atomic E-state index is 0.359.